The number of nitrogens with one attached hydrogen (secondary N) is 1. The van der Waals surface area contributed by atoms with Crippen molar-refractivity contribution in [2.75, 3.05) is 6.61 Å². The highest BCUT2D eigenvalue weighted by molar-refractivity contribution is 5.86. The maximum Gasteiger partial charge on any atom is 0.408 e. The molecule has 0 aliphatic carbocycles. The zero-order chi connectivity index (χ0) is 17.5. The molecule has 2 aromatic carbocycles. The van der Waals surface area contributed by atoms with Crippen LogP contribution in [-0.2, 0) is 22.5 Å². The van der Waals surface area contributed by atoms with Gasteiger partial charge in [-0.15, -0.1) is 0 Å². The van der Waals surface area contributed by atoms with Crippen LogP contribution in [0.25, 0.3) is 0 Å². The van der Waals surface area contributed by atoms with Gasteiger partial charge in [-0.25, -0.2) is 9.79 Å². The SMILES string of the molecule is C[C@H](NC(=O)OCc1ccccc1)C1=N[C@@H](Cc2ccccc2)CO1. The third-order valence-electron chi connectivity index (χ3n) is 3.97. The van der Waals surface area contributed by atoms with Crippen LogP contribution in [0, 0.1) is 0 Å². The molecule has 1 aliphatic rings. The molecule has 1 heterocycles. The maximum atomic E-state index is 11.9. The summed E-state index contributed by atoms with van der Waals surface area (Å²) < 4.78 is 10.9. The number of hydrogen-bond donors (Lipinski definition) is 1. The Morgan fingerprint density at radius 1 is 1.16 bits per heavy atom. The lowest BCUT2D eigenvalue weighted by molar-refractivity contribution is 0.137. The average molecular weight is 338 g/mol. The van der Waals surface area contributed by atoms with Gasteiger partial charge in [0, 0.05) is 0 Å². The van der Waals surface area contributed by atoms with Crippen LogP contribution in [0.2, 0.25) is 0 Å². The van der Waals surface area contributed by atoms with Gasteiger partial charge in [0.15, 0.2) is 0 Å². The number of aliphatic imine (C=N–C) groups is 1. The summed E-state index contributed by atoms with van der Waals surface area (Å²) in [6, 6.07) is 19.5. The summed E-state index contributed by atoms with van der Waals surface area (Å²) in [6.07, 6.45) is 0.351. The number of benzene rings is 2. The van der Waals surface area contributed by atoms with Crippen molar-refractivity contribution >= 4 is 12.0 Å². The number of ether oxygens (including phenoxy) is 2. The van der Waals surface area contributed by atoms with E-state index in [9.17, 15) is 4.79 Å². The fourth-order valence-corrected chi connectivity index (χ4v) is 2.67. The van der Waals surface area contributed by atoms with Crippen LogP contribution in [0.15, 0.2) is 65.7 Å². The average Bonchev–Trinajstić information content (AvgIpc) is 3.10. The number of rotatable bonds is 6. The van der Waals surface area contributed by atoms with Crippen LogP contribution in [-0.4, -0.2) is 30.7 Å². The Hall–Kier alpha value is -2.82. The Bertz CT molecular complexity index is 716. The highest BCUT2D eigenvalue weighted by atomic mass is 16.5. The van der Waals surface area contributed by atoms with E-state index >= 15 is 0 Å². The molecule has 2 aromatic rings. The summed E-state index contributed by atoms with van der Waals surface area (Å²) in [5.74, 6) is 0.553. The summed E-state index contributed by atoms with van der Waals surface area (Å²) >= 11 is 0. The first-order chi connectivity index (χ1) is 12.2. The fraction of sp³-hybridized carbons (Fsp3) is 0.300. The first-order valence-electron chi connectivity index (χ1n) is 8.42. The Kier molecular flexibility index (Phi) is 5.67. The van der Waals surface area contributed by atoms with Crippen LogP contribution in [0.3, 0.4) is 0 Å². The Balaban J connectivity index is 1.47. The van der Waals surface area contributed by atoms with Crippen LogP contribution in [0.4, 0.5) is 4.79 Å². The molecule has 1 amide bonds. The van der Waals surface area contributed by atoms with E-state index in [4.69, 9.17) is 9.47 Å². The summed E-state index contributed by atoms with van der Waals surface area (Å²) in [4.78, 5) is 16.5. The van der Waals surface area contributed by atoms with Gasteiger partial charge in [0.1, 0.15) is 19.3 Å². The van der Waals surface area contributed by atoms with Crippen molar-refractivity contribution in [3.63, 3.8) is 0 Å². The predicted octanol–water partition coefficient (Wildman–Crippen LogP) is 3.34. The topological polar surface area (TPSA) is 59.9 Å². The summed E-state index contributed by atoms with van der Waals surface area (Å²) in [6.45, 7) is 2.62. The summed E-state index contributed by atoms with van der Waals surface area (Å²) in [5.41, 5.74) is 2.17. The number of carbonyl (C=O) groups excluding carboxylic acids is 1. The Labute approximate surface area is 147 Å². The van der Waals surface area contributed by atoms with Crippen LogP contribution in [0.5, 0.6) is 0 Å². The summed E-state index contributed by atoms with van der Waals surface area (Å²) in [5, 5.41) is 2.76. The molecule has 0 saturated carbocycles. The van der Waals surface area contributed by atoms with Gasteiger partial charge in [0.25, 0.3) is 0 Å². The second-order valence-corrected chi connectivity index (χ2v) is 6.05. The molecule has 0 bridgehead atoms. The molecule has 5 nitrogen and oxygen atoms in total. The number of hydrogen-bond acceptors (Lipinski definition) is 4. The zero-order valence-electron chi connectivity index (χ0n) is 14.2. The molecule has 130 valence electrons. The van der Waals surface area contributed by atoms with Crippen molar-refractivity contribution in [2.24, 2.45) is 4.99 Å². The van der Waals surface area contributed by atoms with Crippen molar-refractivity contribution in [3.05, 3.63) is 71.8 Å². The Morgan fingerprint density at radius 3 is 2.48 bits per heavy atom. The lowest BCUT2D eigenvalue weighted by Crippen LogP contribution is -2.38. The molecule has 1 N–H and O–H groups in total. The Morgan fingerprint density at radius 2 is 1.80 bits per heavy atom. The first kappa shape index (κ1) is 17.0. The molecule has 5 heteroatoms. The van der Waals surface area contributed by atoms with E-state index in [0.29, 0.717) is 12.5 Å². The third kappa shape index (κ3) is 5.08. The lowest BCUT2D eigenvalue weighted by Gasteiger charge is -2.13. The van der Waals surface area contributed by atoms with Crippen molar-refractivity contribution in [1.82, 2.24) is 5.32 Å². The minimum Gasteiger partial charge on any atom is -0.477 e. The predicted molar refractivity (Wildman–Crippen MR) is 96.5 cm³/mol. The molecule has 3 rings (SSSR count). The molecular weight excluding hydrogens is 316 g/mol. The largest absolute Gasteiger partial charge is 0.477 e. The van der Waals surface area contributed by atoms with Gasteiger partial charge >= 0.3 is 6.09 Å². The van der Waals surface area contributed by atoms with E-state index in [2.05, 4.69) is 22.4 Å². The fourth-order valence-electron chi connectivity index (χ4n) is 2.67. The molecule has 0 spiro atoms. The normalized spacial score (nSPS) is 17.3. The van der Waals surface area contributed by atoms with Crippen molar-refractivity contribution in [3.8, 4) is 0 Å². The summed E-state index contributed by atoms with van der Waals surface area (Å²) in [7, 11) is 0. The molecule has 0 fully saturated rings. The van der Waals surface area contributed by atoms with E-state index < -0.39 is 6.09 Å². The van der Waals surface area contributed by atoms with Crippen molar-refractivity contribution < 1.29 is 14.3 Å². The van der Waals surface area contributed by atoms with Gasteiger partial charge in [0.05, 0.1) is 6.04 Å². The van der Waals surface area contributed by atoms with Crippen LogP contribution in [0.1, 0.15) is 18.1 Å². The second-order valence-electron chi connectivity index (χ2n) is 6.05. The number of amides is 1. The van der Waals surface area contributed by atoms with E-state index in [1.165, 1.54) is 5.56 Å². The van der Waals surface area contributed by atoms with E-state index in [0.717, 1.165) is 12.0 Å². The van der Waals surface area contributed by atoms with E-state index in [-0.39, 0.29) is 18.7 Å². The van der Waals surface area contributed by atoms with E-state index in [1.54, 1.807) is 0 Å². The monoisotopic (exact) mass is 338 g/mol. The standard InChI is InChI=1S/C20H22N2O3/c1-15(21-20(23)25-13-17-10-6-3-7-11-17)19-22-18(14-24-19)12-16-8-4-2-5-9-16/h2-11,15,18H,12-14H2,1H3,(H,21,23)/t15-,18-/m0/s1. The second kappa shape index (κ2) is 8.33. The number of carbonyl (C=O) groups is 1. The number of nitrogens with zero attached hydrogens (tertiary/aromatic N) is 1. The van der Waals surface area contributed by atoms with Gasteiger partial charge in [-0.05, 0) is 24.5 Å². The molecular formula is C20H22N2O3. The van der Waals surface area contributed by atoms with Gasteiger partial charge in [-0.1, -0.05) is 60.7 Å². The lowest BCUT2D eigenvalue weighted by atomic mass is 10.1. The maximum absolute atomic E-state index is 11.9. The highest BCUT2D eigenvalue weighted by Gasteiger charge is 2.24. The third-order valence-corrected chi connectivity index (χ3v) is 3.97. The van der Waals surface area contributed by atoms with Gasteiger partial charge in [-0.3, -0.25) is 0 Å². The molecule has 0 radical (unpaired) electrons. The van der Waals surface area contributed by atoms with Gasteiger partial charge in [-0.2, -0.15) is 0 Å². The molecule has 25 heavy (non-hydrogen) atoms. The van der Waals surface area contributed by atoms with Crippen molar-refractivity contribution in [1.29, 1.82) is 0 Å². The van der Waals surface area contributed by atoms with Crippen molar-refractivity contribution in [2.45, 2.75) is 32.0 Å². The number of alkyl carbamates (subject to hydrolysis) is 1. The smallest absolute Gasteiger partial charge is 0.408 e. The minimum atomic E-state index is -0.478. The quantitative estimate of drug-likeness (QED) is 0.879. The first-order valence-corrected chi connectivity index (χ1v) is 8.42. The zero-order valence-corrected chi connectivity index (χ0v) is 14.2. The van der Waals surface area contributed by atoms with Gasteiger partial charge in [0.2, 0.25) is 5.90 Å². The minimum absolute atomic E-state index is 0.0852. The molecule has 0 aromatic heterocycles. The molecule has 2 atom stereocenters. The highest BCUT2D eigenvalue weighted by Crippen LogP contribution is 2.13. The van der Waals surface area contributed by atoms with Crippen LogP contribution >= 0.6 is 0 Å². The molecule has 1 aliphatic heterocycles. The molecule has 0 unspecified atom stereocenters. The molecule has 0 saturated heterocycles. The van der Waals surface area contributed by atoms with Crippen LogP contribution < -0.4 is 5.32 Å². The van der Waals surface area contributed by atoms with Gasteiger partial charge < -0.3 is 14.8 Å². The van der Waals surface area contributed by atoms with E-state index in [1.807, 2.05) is 55.5 Å².